The van der Waals surface area contributed by atoms with Crippen molar-refractivity contribution in [3.05, 3.63) is 12.3 Å². The maximum Gasteiger partial charge on any atom is 0.524 e. The molecule has 16 heavy (non-hydrogen) atoms. The predicted molar refractivity (Wildman–Crippen MR) is 57.3 cm³/mol. The highest BCUT2D eigenvalue weighted by Crippen LogP contribution is 2.38. The van der Waals surface area contributed by atoms with Crippen LogP contribution in [0.15, 0.2) is 12.3 Å². The molecule has 7 heteroatoms. The number of phosphoric acid groups is 1. The van der Waals surface area contributed by atoms with Crippen molar-refractivity contribution < 1.29 is 23.7 Å². The predicted octanol–water partition coefficient (Wildman–Crippen LogP) is 1.06. The number of carbonyl (C=O) groups excluding carboxylic acids is 1. The Morgan fingerprint density at radius 2 is 1.88 bits per heavy atom. The van der Waals surface area contributed by atoms with Gasteiger partial charge in [-0.15, -0.1) is 0 Å². The van der Waals surface area contributed by atoms with E-state index in [-0.39, 0.29) is 6.04 Å². The van der Waals surface area contributed by atoms with Crippen LogP contribution in [0.3, 0.4) is 0 Å². The van der Waals surface area contributed by atoms with Gasteiger partial charge in [0.1, 0.15) is 0 Å². The van der Waals surface area contributed by atoms with Gasteiger partial charge in [-0.3, -0.25) is 14.6 Å². The van der Waals surface area contributed by atoms with Crippen molar-refractivity contribution in [2.75, 3.05) is 0 Å². The van der Waals surface area contributed by atoms with Gasteiger partial charge in [-0.25, -0.2) is 4.57 Å². The lowest BCUT2D eigenvalue weighted by Crippen LogP contribution is -2.37. The quantitative estimate of drug-likeness (QED) is 0.393. The van der Waals surface area contributed by atoms with Crippen LogP contribution < -0.4 is 5.32 Å². The minimum atomic E-state index is -4.69. The summed E-state index contributed by atoms with van der Waals surface area (Å²) >= 11 is 0. The fourth-order valence-electron chi connectivity index (χ4n) is 1.70. The molecule has 0 aromatic rings. The summed E-state index contributed by atoms with van der Waals surface area (Å²) in [7, 11) is -4.69. The monoisotopic (exact) mass is 249 g/mol. The van der Waals surface area contributed by atoms with E-state index in [1.54, 1.807) is 0 Å². The third-order valence-corrected chi connectivity index (χ3v) is 2.88. The second kappa shape index (κ2) is 5.48. The molecule has 0 aromatic carbocycles. The molecular formula is C9H16NO5P. The molecule has 0 aromatic heterocycles. The summed E-state index contributed by atoms with van der Waals surface area (Å²) in [5, 5.41) is 2.63. The zero-order valence-electron chi connectivity index (χ0n) is 8.89. The highest BCUT2D eigenvalue weighted by molar-refractivity contribution is 7.46. The second-order valence-electron chi connectivity index (χ2n) is 3.81. The Labute approximate surface area is 93.9 Å². The summed E-state index contributed by atoms with van der Waals surface area (Å²) in [4.78, 5) is 28.4. The molecule has 0 aliphatic heterocycles. The fourth-order valence-corrected chi connectivity index (χ4v) is 2.07. The van der Waals surface area contributed by atoms with E-state index >= 15 is 0 Å². The van der Waals surface area contributed by atoms with E-state index in [2.05, 4.69) is 16.4 Å². The molecule has 1 aliphatic rings. The molecule has 1 amide bonds. The molecule has 92 valence electrons. The molecule has 0 saturated heterocycles. The van der Waals surface area contributed by atoms with Crippen molar-refractivity contribution in [2.24, 2.45) is 0 Å². The lowest BCUT2D eigenvalue weighted by Gasteiger charge is -2.23. The van der Waals surface area contributed by atoms with Crippen LogP contribution in [0.2, 0.25) is 0 Å². The van der Waals surface area contributed by atoms with Crippen LogP contribution in [0.25, 0.3) is 0 Å². The number of phosphoric ester groups is 1. The molecule has 1 fully saturated rings. The summed E-state index contributed by atoms with van der Waals surface area (Å²) in [6.07, 6.45) is 5.03. The Hall–Kier alpha value is -0.840. The molecule has 0 radical (unpaired) electrons. The normalized spacial score (nSPS) is 17.9. The minimum absolute atomic E-state index is 0.0540. The number of hydrogen-bond acceptors (Lipinski definition) is 3. The number of hydrogen-bond donors (Lipinski definition) is 3. The fraction of sp³-hybridized carbons (Fsp3) is 0.667. The molecule has 1 aliphatic carbocycles. The van der Waals surface area contributed by atoms with Gasteiger partial charge in [-0.05, 0) is 12.8 Å². The molecule has 3 N–H and O–H groups in total. The number of carbonyl (C=O) groups is 1. The first-order valence-corrected chi connectivity index (χ1v) is 6.66. The van der Waals surface area contributed by atoms with E-state index in [4.69, 9.17) is 9.79 Å². The molecule has 0 unspecified atom stereocenters. The zero-order valence-corrected chi connectivity index (χ0v) is 9.78. The first-order valence-electron chi connectivity index (χ1n) is 5.13. The van der Waals surface area contributed by atoms with E-state index in [9.17, 15) is 9.36 Å². The summed E-state index contributed by atoms with van der Waals surface area (Å²) in [5.74, 6) is -1.20. The Morgan fingerprint density at radius 3 is 2.38 bits per heavy atom. The number of amides is 1. The van der Waals surface area contributed by atoms with E-state index < -0.39 is 19.5 Å². The van der Waals surface area contributed by atoms with Crippen molar-refractivity contribution in [3.8, 4) is 0 Å². The van der Waals surface area contributed by atoms with Crippen LogP contribution in [0.4, 0.5) is 0 Å². The van der Waals surface area contributed by atoms with Gasteiger partial charge in [-0.1, -0.05) is 25.8 Å². The Kier molecular flexibility index (Phi) is 4.53. The van der Waals surface area contributed by atoms with Crippen LogP contribution in [0.1, 0.15) is 32.1 Å². The van der Waals surface area contributed by atoms with E-state index in [1.165, 1.54) is 0 Å². The summed E-state index contributed by atoms with van der Waals surface area (Å²) in [5.41, 5.74) is 0. The average molecular weight is 249 g/mol. The summed E-state index contributed by atoms with van der Waals surface area (Å²) in [6.45, 7) is 3.18. The molecule has 0 spiro atoms. The smallest absolute Gasteiger partial charge is 0.399 e. The Balaban J connectivity index is 2.39. The average Bonchev–Trinajstić information content (AvgIpc) is 2.16. The molecular weight excluding hydrogens is 233 g/mol. The van der Waals surface area contributed by atoms with E-state index in [0.29, 0.717) is 0 Å². The number of rotatable bonds is 4. The summed E-state index contributed by atoms with van der Waals surface area (Å²) < 4.78 is 14.6. The number of nitrogens with one attached hydrogen (secondary N) is 1. The van der Waals surface area contributed by atoms with Crippen LogP contribution in [-0.2, 0) is 13.9 Å². The Morgan fingerprint density at radius 1 is 1.31 bits per heavy atom. The van der Waals surface area contributed by atoms with Crippen molar-refractivity contribution in [2.45, 2.75) is 38.1 Å². The third kappa shape index (κ3) is 4.79. The third-order valence-electron chi connectivity index (χ3n) is 2.42. The van der Waals surface area contributed by atoms with Crippen molar-refractivity contribution in [1.82, 2.24) is 5.32 Å². The van der Waals surface area contributed by atoms with Crippen LogP contribution >= 0.6 is 7.82 Å². The van der Waals surface area contributed by atoms with Crippen LogP contribution in [-0.4, -0.2) is 21.7 Å². The van der Waals surface area contributed by atoms with Gasteiger partial charge in [0, 0.05) is 6.04 Å². The van der Waals surface area contributed by atoms with Crippen LogP contribution in [0.5, 0.6) is 0 Å². The van der Waals surface area contributed by atoms with E-state index in [1.807, 2.05) is 0 Å². The standard InChI is InChI=1S/C9H16NO5P/c1-7(15-16(12,13)14)9(11)10-8-5-3-2-4-6-8/h8H,1-6H2,(H,10,11)(H2,12,13,14). The first kappa shape index (κ1) is 13.2. The van der Waals surface area contributed by atoms with Gasteiger partial charge < -0.3 is 9.84 Å². The lowest BCUT2D eigenvalue weighted by molar-refractivity contribution is -0.120. The van der Waals surface area contributed by atoms with Crippen molar-refractivity contribution >= 4 is 13.7 Å². The van der Waals surface area contributed by atoms with Gasteiger partial charge in [-0.2, -0.15) is 0 Å². The lowest BCUT2D eigenvalue weighted by atomic mass is 9.95. The van der Waals surface area contributed by atoms with Gasteiger partial charge in [0.2, 0.25) is 0 Å². The summed E-state index contributed by atoms with van der Waals surface area (Å²) in [6, 6.07) is 0.0540. The van der Waals surface area contributed by atoms with Gasteiger partial charge in [0.15, 0.2) is 5.76 Å². The molecule has 1 rings (SSSR count). The Bertz CT molecular complexity index is 318. The molecule has 0 atom stereocenters. The first-order chi connectivity index (χ1) is 7.38. The van der Waals surface area contributed by atoms with Crippen molar-refractivity contribution in [3.63, 3.8) is 0 Å². The highest BCUT2D eigenvalue weighted by atomic mass is 31.2. The highest BCUT2D eigenvalue weighted by Gasteiger charge is 2.23. The minimum Gasteiger partial charge on any atom is -0.399 e. The second-order valence-corrected chi connectivity index (χ2v) is 4.98. The van der Waals surface area contributed by atoms with Gasteiger partial charge in [0.25, 0.3) is 5.91 Å². The SMILES string of the molecule is C=C(OP(=O)(O)O)C(=O)NC1CCCCC1. The maximum atomic E-state index is 11.4. The van der Waals surface area contributed by atoms with E-state index in [0.717, 1.165) is 32.1 Å². The van der Waals surface area contributed by atoms with Gasteiger partial charge in [0.05, 0.1) is 0 Å². The molecule has 1 saturated carbocycles. The van der Waals surface area contributed by atoms with Crippen molar-refractivity contribution in [1.29, 1.82) is 0 Å². The van der Waals surface area contributed by atoms with Gasteiger partial charge >= 0.3 is 7.82 Å². The topological polar surface area (TPSA) is 95.9 Å². The molecule has 0 heterocycles. The maximum absolute atomic E-state index is 11.4. The molecule has 0 bridgehead atoms. The van der Waals surface area contributed by atoms with Crippen LogP contribution in [0, 0.1) is 0 Å². The molecule has 6 nitrogen and oxygen atoms in total. The zero-order chi connectivity index (χ0) is 12.2. The largest absolute Gasteiger partial charge is 0.524 e.